The summed E-state index contributed by atoms with van der Waals surface area (Å²) in [6.07, 6.45) is 0. The third-order valence-corrected chi connectivity index (χ3v) is 2.79. The molecule has 0 aliphatic rings. The van der Waals surface area contributed by atoms with E-state index in [1.165, 1.54) is 0 Å². The first-order chi connectivity index (χ1) is 7.15. The van der Waals surface area contributed by atoms with Gasteiger partial charge in [0.1, 0.15) is 0 Å². The average molecular weight is 230 g/mol. The second-order valence-electron chi connectivity index (χ2n) is 5.70. The lowest BCUT2D eigenvalue weighted by Crippen LogP contribution is -2.44. The van der Waals surface area contributed by atoms with Gasteiger partial charge in [0.25, 0.3) is 0 Å². The van der Waals surface area contributed by atoms with Gasteiger partial charge in [-0.15, -0.1) is 0 Å². The number of aliphatic carboxylic acids is 1. The fraction of sp³-hybridized carbons (Fsp3) is 0.917. The molecule has 4 heteroatoms. The number of carbonyl (C=O) groups is 1. The minimum atomic E-state index is -0.745. The van der Waals surface area contributed by atoms with E-state index in [4.69, 9.17) is 5.11 Å². The highest BCUT2D eigenvalue weighted by atomic mass is 16.4. The van der Waals surface area contributed by atoms with E-state index in [-0.39, 0.29) is 17.4 Å². The smallest absolute Gasteiger partial charge is 0.307 e. The quantitative estimate of drug-likeness (QED) is 0.691. The Morgan fingerprint density at radius 3 is 2.25 bits per heavy atom. The van der Waals surface area contributed by atoms with E-state index in [2.05, 4.69) is 24.1 Å². The van der Waals surface area contributed by atoms with Crippen molar-refractivity contribution in [2.45, 2.75) is 33.7 Å². The van der Waals surface area contributed by atoms with Gasteiger partial charge in [-0.3, -0.25) is 4.79 Å². The predicted octanol–water partition coefficient (Wildman–Crippen LogP) is 1.27. The molecule has 0 fully saturated rings. The maximum atomic E-state index is 10.8. The Labute approximate surface area is 99.0 Å². The van der Waals surface area contributed by atoms with Crippen LogP contribution in [0.4, 0.5) is 0 Å². The topological polar surface area (TPSA) is 52.6 Å². The molecule has 0 rings (SSSR count). The van der Waals surface area contributed by atoms with Crippen LogP contribution in [0.3, 0.4) is 0 Å². The molecule has 0 aliphatic heterocycles. The molecule has 0 saturated heterocycles. The monoisotopic (exact) mass is 230 g/mol. The molecule has 0 amide bonds. The van der Waals surface area contributed by atoms with Gasteiger partial charge in [-0.25, -0.2) is 0 Å². The largest absolute Gasteiger partial charge is 0.481 e. The third-order valence-electron chi connectivity index (χ3n) is 2.79. The van der Waals surface area contributed by atoms with Gasteiger partial charge in [0, 0.05) is 19.1 Å². The molecular weight excluding hydrogens is 204 g/mol. The number of nitrogens with one attached hydrogen (secondary N) is 1. The number of hydrogen-bond donors (Lipinski definition) is 2. The van der Waals surface area contributed by atoms with Crippen LogP contribution < -0.4 is 5.32 Å². The maximum absolute atomic E-state index is 10.8. The molecule has 0 saturated carbocycles. The van der Waals surface area contributed by atoms with E-state index in [0.29, 0.717) is 0 Å². The second kappa shape index (κ2) is 6.21. The van der Waals surface area contributed by atoms with Gasteiger partial charge >= 0.3 is 5.97 Å². The number of carboxylic acid groups (broad SMARTS) is 1. The molecule has 2 N–H and O–H groups in total. The van der Waals surface area contributed by atoms with E-state index in [1.807, 2.05) is 21.0 Å². The highest BCUT2D eigenvalue weighted by molar-refractivity contribution is 5.70. The van der Waals surface area contributed by atoms with Crippen LogP contribution in [0.25, 0.3) is 0 Å². The van der Waals surface area contributed by atoms with Gasteiger partial charge in [-0.2, -0.15) is 0 Å². The Kier molecular flexibility index (Phi) is 5.97. The predicted molar refractivity (Wildman–Crippen MR) is 66.6 cm³/mol. The number of nitrogens with zero attached hydrogens (tertiary/aromatic N) is 1. The van der Waals surface area contributed by atoms with Crippen molar-refractivity contribution < 1.29 is 9.90 Å². The molecule has 0 bridgehead atoms. The lowest BCUT2D eigenvalue weighted by Gasteiger charge is -2.30. The van der Waals surface area contributed by atoms with Gasteiger partial charge in [0.15, 0.2) is 0 Å². The summed E-state index contributed by atoms with van der Waals surface area (Å²) in [4.78, 5) is 12.9. The summed E-state index contributed by atoms with van der Waals surface area (Å²) < 4.78 is 0. The fourth-order valence-corrected chi connectivity index (χ4v) is 1.74. The average Bonchev–Trinajstić information content (AvgIpc) is 2.10. The molecule has 2 unspecified atom stereocenters. The van der Waals surface area contributed by atoms with Crippen molar-refractivity contribution in [1.29, 1.82) is 0 Å². The Hall–Kier alpha value is -0.610. The Morgan fingerprint density at radius 2 is 1.88 bits per heavy atom. The molecule has 0 heterocycles. The Balaban J connectivity index is 4.08. The van der Waals surface area contributed by atoms with Crippen LogP contribution in [0, 0.1) is 11.3 Å². The molecule has 0 radical (unpaired) electrons. The summed E-state index contributed by atoms with van der Waals surface area (Å²) in [5.74, 6) is -1.10. The molecular formula is C12H26N2O2. The van der Waals surface area contributed by atoms with E-state index in [9.17, 15) is 4.79 Å². The fourth-order valence-electron chi connectivity index (χ4n) is 1.74. The zero-order valence-corrected chi connectivity index (χ0v) is 11.4. The molecule has 0 aromatic heterocycles. The summed E-state index contributed by atoms with van der Waals surface area (Å²) >= 11 is 0. The molecule has 0 aromatic carbocycles. The van der Waals surface area contributed by atoms with Crippen LogP contribution >= 0.6 is 0 Å². The highest BCUT2D eigenvalue weighted by Gasteiger charge is 2.23. The summed E-state index contributed by atoms with van der Waals surface area (Å²) in [5, 5.41) is 12.2. The Morgan fingerprint density at radius 1 is 1.38 bits per heavy atom. The molecule has 0 spiro atoms. The lowest BCUT2D eigenvalue weighted by atomic mass is 9.92. The molecule has 96 valence electrons. The van der Waals surface area contributed by atoms with E-state index < -0.39 is 5.97 Å². The van der Waals surface area contributed by atoms with Crippen LogP contribution in [0.1, 0.15) is 27.7 Å². The number of rotatable bonds is 7. The minimum absolute atomic E-state index is 0.000984. The zero-order chi connectivity index (χ0) is 12.9. The van der Waals surface area contributed by atoms with Crippen molar-refractivity contribution >= 4 is 5.97 Å². The van der Waals surface area contributed by atoms with Crippen LogP contribution in [0.2, 0.25) is 0 Å². The van der Waals surface area contributed by atoms with Crippen LogP contribution in [0.5, 0.6) is 0 Å². The summed E-state index contributed by atoms with van der Waals surface area (Å²) in [6, 6.07) is -0.000984. The summed E-state index contributed by atoms with van der Waals surface area (Å²) in [6.45, 7) is 9.82. The van der Waals surface area contributed by atoms with Crippen molar-refractivity contribution in [2.24, 2.45) is 11.3 Å². The molecule has 0 aliphatic carbocycles. The zero-order valence-electron chi connectivity index (χ0n) is 11.4. The first-order valence-corrected chi connectivity index (χ1v) is 5.76. The van der Waals surface area contributed by atoms with Gasteiger partial charge in [-0.05, 0) is 26.4 Å². The maximum Gasteiger partial charge on any atom is 0.307 e. The standard InChI is InChI=1S/C12H26N2O2/c1-9(11(15)16)10(2)13-7-12(3,4)8-14(5)6/h9-10,13H,7-8H2,1-6H3,(H,15,16). The third kappa shape index (κ3) is 6.08. The molecule has 4 nitrogen and oxygen atoms in total. The van der Waals surface area contributed by atoms with Crippen molar-refractivity contribution in [1.82, 2.24) is 10.2 Å². The van der Waals surface area contributed by atoms with Crippen molar-refractivity contribution in [3.63, 3.8) is 0 Å². The SMILES string of the molecule is CC(NCC(C)(C)CN(C)C)C(C)C(=O)O. The normalized spacial score (nSPS) is 16.2. The van der Waals surface area contributed by atoms with Gasteiger partial charge in [0.05, 0.1) is 5.92 Å². The molecule has 16 heavy (non-hydrogen) atoms. The Bertz CT molecular complexity index is 227. The van der Waals surface area contributed by atoms with E-state index in [0.717, 1.165) is 13.1 Å². The van der Waals surface area contributed by atoms with Gasteiger partial charge < -0.3 is 15.3 Å². The summed E-state index contributed by atoms with van der Waals surface area (Å²) in [7, 11) is 4.09. The number of carboxylic acids is 1. The van der Waals surface area contributed by atoms with E-state index in [1.54, 1.807) is 6.92 Å². The van der Waals surface area contributed by atoms with Crippen LogP contribution in [-0.4, -0.2) is 49.2 Å². The summed E-state index contributed by atoms with van der Waals surface area (Å²) in [5.41, 5.74) is 0.149. The van der Waals surface area contributed by atoms with Gasteiger partial charge in [-0.1, -0.05) is 20.8 Å². The van der Waals surface area contributed by atoms with Crippen LogP contribution in [-0.2, 0) is 4.79 Å². The van der Waals surface area contributed by atoms with Crippen LogP contribution in [0.15, 0.2) is 0 Å². The van der Waals surface area contributed by atoms with Crippen molar-refractivity contribution in [2.75, 3.05) is 27.2 Å². The number of hydrogen-bond acceptors (Lipinski definition) is 3. The lowest BCUT2D eigenvalue weighted by molar-refractivity contribution is -0.142. The van der Waals surface area contributed by atoms with Crippen molar-refractivity contribution in [3.05, 3.63) is 0 Å². The first kappa shape index (κ1) is 15.4. The van der Waals surface area contributed by atoms with Crippen molar-refractivity contribution in [3.8, 4) is 0 Å². The van der Waals surface area contributed by atoms with E-state index >= 15 is 0 Å². The first-order valence-electron chi connectivity index (χ1n) is 5.76. The second-order valence-corrected chi connectivity index (χ2v) is 5.70. The minimum Gasteiger partial charge on any atom is -0.481 e. The van der Waals surface area contributed by atoms with Gasteiger partial charge in [0.2, 0.25) is 0 Å². The molecule has 0 aromatic rings. The molecule has 2 atom stereocenters. The highest BCUT2D eigenvalue weighted by Crippen LogP contribution is 2.15.